The third-order valence-electron chi connectivity index (χ3n) is 5.28. The smallest absolute Gasteiger partial charge is 0.345 e. The van der Waals surface area contributed by atoms with E-state index in [-0.39, 0.29) is 11.7 Å². The number of urea groups is 1. The Labute approximate surface area is 183 Å². The number of benzene rings is 2. The summed E-state index contributed by atoms with van der Waals surface area (Å²) in [4.78, 5) is 14.5. The third kappa shape index (κ3) is 5.05. The zero-order valence-corrected chi connectivity index (χ0v) is 17.3. The number of nitrogens with zero attached hydrogens (tertiary/aromatic N) is 2. The van der Waals surface area contributed by atoms with Crippen molar-refractivity contribution >= 4 is 23.3 Å². The maximum Gasteiger partial charge on any atom is 0.418 e. The van der Waals surface area contributed by atoms with Crippen molar-refractivity contribution in [1.82, 2.24) is 9.47 Å². The van der Waals surface area contributed by atoms with Crippen molar-refractivity contribution in [3.05, 3.63) is 88.7 Å². The minimum Gasteiger partial charge on any atom is -0.345 e. The van der Waals surface area contributed by atoms with E-state index in [1.54, 1.807) is 4.90 Å². The second-order valence-corrected chi connectivity index (χ2v) is 7.96. The lowest BCUT2D eigenvalue weighted by atomic mass is 10.1. The molecule has 0 bridgehead atoms. The molecule has 0 unspecified atom stereocenters. The van der Waals surface area contributed by atoms with Crippen molar-refractivity contribution in [1.29, 1.82) is 0 Å². The predicted octanol–water partition coefficient (Wildman–Crippen LogP) is 6.41. The van der Waals surface area contributed by atoms with Gasteiger partial charge in [-0.05, 0) is 48.7 Å². The van der Waals surface area contributed by atoms with Gasteiger partial charge in [0.05, 0.1) is 17.8 Å². The molecule has 1 aliphatic carbocycles. The van der Waals surface area contributed by atoms with Gasteiger partial charge in [-0.2, -0.15) is 13.2 Å². The van der Waals surface area contributed by atoms with Crippen LogP contribution in [0.15, 0.2) is 66.9 Å². The first-order valence-corrected chi connectivity index (χ1v) is 10.3. The summed E-state index contributed by atoms with van der Waals surface area (Å²) >= 11 is 6.27. The van der Waals surface area contributed by atoms with Gasteiger partial charge in [-0.3, -0.25) is 0 Å². The molecule has 0 radical (unpaired) electrons. The average Bonchev–Trinajstić information content (AvgIpc) is 3.47. The third-order valence-corrected chi connectivity index (χ3v) is 5.65. The number of hydrogen-bond donors (Lipinski definition) is 1. The van der Waals surface area contributed by atoms with Gasteiger partial charge in [0.1, 0.15) is 0 Å². The molecule has 3 aromatic rings. The Kier molecular flexibility index (Phi) is 5.96. The van der Waals surface area contributed by atoms with Crippen LogP contribution in [0, 0.1) is 0 Å². The quantitative estimate of drug-likeness (QED) is 0.466. The average molecular weight is 448 g/mol. The Hall–Kier alpha value is -2.93. The van der Waals surface area contributed by atoms with Gasteiger partial charge < -0.3 is 14.8 Å². The Bertz CT molecular complexity index is 1080. The molecule has 8 heteroatoms. The van der Waals surface area contributed by atoms with E-state index < -0.39 is 17.8 Å². The zero-order valence-electron chi connectivity index (χ0n) is 16.6. The Morgan fingerprint density at radius 2 is 1.77 bits per heavy atom. The van der Waals surface area contributed by atoms with Crippen LogP contribution >= 0.6 is 11.6 Å². The monoisotopic (exact) mass is 447 g/mol. The van der Waals surface area contributed by atoms with Crippen molar-refractivity contribution in [3.8, 4) is 0 Å². The minimum absolute atomic E-state index is 0.0155. The van der Waals surface area contributed by atoms with E-state index in [1.165, 1.54) is 18.2 Å². The molecular weight excluding hydrogens is 427 g/mol. The number of amides is 2. The standard InChI is InChI=1S/C23H21ClF3N3O/c24-20-9-3-1-6-16(20)14-29-13-5-7-18(29)15-30(17-11-12-17)22(31)28-21-10-4-2-8-19(21)23(25,26)27/h1-10,13,17H,11-12,14-15H2,(H,28,31). The summed E-state index contributed by atoms with van der Waals surface area (Å²) in [5.41, 5.74) is 0.729. The van der Waals surface area contributed by atoms with Crippen molar-refractivity contribution < 1.29 is 18.0 Å². The number of carbonyl (C=O) groups is 1. The van der Waals surface area contributed by atoms with Crippen LogP contribution in [0.4, 0.5) is 23.7 Å². The van der Waals surface area contributed by atoms with E-state index in [0.29, 0.717) is 18.1 Å². The van der Waals surface area contributed by atoms with Gasteiger partial charge in [0.15, 0.2) is 0 Å². The first-order valence-electron chi connectivity index (χ1n) is 9.94. The van der Waals surface area contributed by atoms with Crippen molar-refractivity contribution in [2.75, 3.05) is 5.32 Å². The molecule has 1 aliphatic rings. The number of carbonyl (C=O) groups excluding carboxylic acids is 1. The molecule has 1 N–H and O–H groups in total. The van der Waals surface area contributed by atoms with Gasteiger partial charge in [0, 0.05) is 29.5 Å². The summed E-state index contributed by atoms with van der Waals surface area (Å²) in [5.74, 6) is 0. The lowest BCUT2D eigenvalue weighted by Gasteiger charge is -2.25. The van der Waals surface area contributed by atoms with Crippen LogP contribution in [-0.4, -0.2) is 21.5 Å². The lowest BCUT2D eigenvalue weighted by Crippen LogP contribution is -2.37. The fourth-order valence-electron chi connectivity index (χ4n) is 3.51. The number of alkyl halides is 3. The molecule has 2 amide bonds. The largest absolute Gasteiger partial charge is 0.418 e. The van der Waals surface area contributed by atoms with Gasteiger partial charge in [-0.15, -0.1) is 0 Å². The SMILES string of the molecule is O=C(Nc1ccccc1C(F)(F)F)N(Cc1cccn1Cc1ccccc1Cl)C1CC1. The van der Waals surface area contributed by atoms with E-state index in [2.05, 4.69) is 5.32 Å². The van der Waals surface area contributed by atoms with Gasteiger partial charge >= 0.3 is 12.2 Å². The highest BCUT2D eigenvalue weighted by atomic mass is 35.5. The second-order valence-electron chi connectivity index (χ2n) is 7.55. The van der Waals surface area contributed by atoms with Crippen molar-refractivity contribution in [2.24, 2.45) is 0 Å². The van der Waals surface area contributed by atoms with Crippen LogP contribution in [0.3, 0.4) is 0 Å². The molecule has 1 saturated carbocycles. The van der Waals surface area contributed by atoms with Gasteiger partial charge in [0.25, 0.3) is 0 Å². The highest BCUT2D eigenvalue weighted by Gasteiger charge is 2.36. The molecule has 0 spiro atoms. The van der Waals surface area contributed by atoms with Crippen LogP contribution in [0.25, 0.3) is 0 Å². The summed E-state index contributed by atoms with van der Waals surface area (Å²) in [5, 5.41) is 3.12. The minimum atomic E-state index is -4.54. The highest BCUT2D eigenvalue weighted by molar-refractivity contribution is 6.31. The maximum absolute atomic E-state index is 13.3. The first-order chi connectivity index (χ1) is 14.8. The molecule has 162 valence electrons. The van der Waals surface area contributed by atoms with E-state index in [0.717, 1.165) is 30.2 Å². The van der Waals surface area contributed by atoms with E-state index in [9.17, 15) is 18.0 Å². The number of nitrogens with one attached hydrogen (secondary N) is 1. The number of anilines is 1. The van der Waals surface area contributed by atoms with Crippen molar-refractivity contribution in [3.63, 3.8) is 0 Å². The number of para-hydroxylation sites is 1. The van der Waals surface area contributed by atoms with Crippen LogP contribution in [0.5, 0.6) is 0 Å². The Balaban J connectivity index is 1.52. The number of hydrogen-bond acceptors (Lipinski definition) is 1. The van der Waals surface area contributed by atoms with Crippen LogP contribution in [0.2, 0.25) is 5.02 Å². The second kappa shape index (κ2) is 8.67. The molecule has 1 heterocycles. The molecule has 0 atom stereocenters. The van der Waals surface area contributed by atoms with Gasteiger partial charge in [-0.1, -0.05) is 41.9 Å². The number of rotatable bonds is 6. The highest BCUT2D eigenvalue weighted by Crippen LogP contribution is 2.35. The fourth-order valence-corrected chi connectivity index (χ4v) is 3.71. The van der Waals surface area contributed by atoms with Gasteiger partial charge in [0.2, 0.25) is 0 Å². The first kappa shape index (κ1) is 21.3. The Morgan fingerprint density at radius 3 is 2.48 bits per heavy atom. The van der Waals surface area contributed by atoms with Crippen molar-refractivity contribution in [2.45, 2.75) is 38.1 Å². The molecule has 2 aromatic carbocycles. The molecule has 0 saturated heterocycles. The summed E-state index contributed by atoms with van der Waals surface area (Å²) in [7, 11) is 0. The fraction of sp³-hybridized carbons (Fsp3) is 0.261. The zero-order chi connectivity index (χ0) is 22.0. The molecule has 4 nitrogen and oxygen atoms in total. The van der Waals surface area contributed by atoms with E-state index >= 15 is 0 Å². The molecule has 1 fully saturated rings. The summed E-state index contributed by atoms with van der Waals surface area (Å²) in [6.45, 7) is 0.835. The molecule has 1 aromatic heterocycles. The molecule has 0 aliphatic heterocycles. The lowest BCUT2D eigenvalue weighted by molar-refractivity contribution is -0.136. The summed E-state index contributed by atoms with van der Waals surface area (Å²) < 4.78 is 41.9. The topological polar surface area (TPSA) is 37.3 Å². The summed E-state index contributed by atoms with van der Waals surface area (Å²) in [6.07, 6.45) is -0.975. The normalized spacial score (nSPS) is 13.8. The number of aromatic nitrogens is 1. The molecule has 31 heavy (non-hydrogen) atoms. The predicted molar refractivity (Wildman–Crippen MR) is 114 cm³/mol. The maximum atomic E-state index is 13.3. The summed E-state index contributed by atoms with van der Waals surface area (Å²) in [6, 6.07) is 15.8. The van der Waals surface area contributed by atoms with E-state index in [4.69, 9.17) is 11.6 Å². The molecule has 4 rings (SSSR count). The molecular formula is C23H21ClF3N3O. The van der Waals surface area contributed by atoms with Gasteiger partial charge in [-0.25, -0.2) is 4.79 Å². The number of halogens is 4. The van der Waals surface area contributed by atoms with E-state index in [1.807, 2.05) is 47.2 Å². The van der Waals surface area contributed by atoms with Crippen LogP contribution < -0.4 is 5.32 Å². The van der Waals surface area contributed by atoms with Crippen LogP contribution in [-0.2, 0) is 19.3 Å². The Morgan fingerprint density at radius 1 is 1.06 bits per heavy atom. The van der Waals surface area contributed by atoms with Crippen LogP contribution in [0.1, 0.15) is 29.7 Å².